The van der Waals surface area contributed by atoms with E-state index >= 15 is 0 Å². The van der Waals surface area contributed by atoms with Crippen LogP contribution in [0.2, 0.25) is 10.0 Å². The third-order valence-corrected chi connectivity index (χ3v) is 4.60. The molecule has 0 aliphatic rings. The van der Waals surface area contributed by atoms with E-state index in [2.05, 4.69) is 21.4 Å². The van der Waals surface area contributed by atoms with Crippen molar-refractivity contribution >= 4 is 39.1 Å². The first-order valence-corrected chi connectivity index (χ1v) is 7.36. The summed E-state index contributed by atoms with van der Waals surface area (Å²) in [4.78, 5) is 0. The molecule has 0 heterocycles. The Morgan fingerprint density at radius 2 is 1.85 bits per heavy atom. The van der Waals surface area contributed by atoms with E-state index < -0.39 is 11.9 Å². The largest absolute Gasteiger partial charge is 0.271 e. The van der Waals surface area contributed by atoms with Gasteiger partial charge in [-0.3, -0.25) is 5.84 Å². The van der Waals surface area contributed by atoms with Crippen LogP contribution < -0.4 is 11.3 Å². The average molecular weight is 378 g/mol. The highest BCUT2D eigenvalue weighted by Crippen LogP contribution is 2.35. The molecule has 0 amide bonds. The Labute approximate surface area is 135 Å². The molecule has 2 rings (SSSR count). The number of hydrogen-bond donors (Lipinski definition) is 2. The van der Waals surface area contributed by atoms with E-state index in [0.717, 1.165) is 5.56 Å². The maximum atomic E-state index is 14.3. The van der Waals surface area contributed by atoms with Crippen molar-refractivity contribution in [2.24, 2.45) is 5.84 Å². The molecule has 0 bridgehead atoms. The minimum absolute atomic E-state index is 0.0194. The van der Waals surface area contributed by atoms with Gasteiger partial charge >= 0.3 is 0 Å². The summed E-state index contributed by atoms with van der Waals surface area (Å²) >= 11 is 15.3. The molecule has 3 N–H and O–H groups in total. The van der Waals surface area contributed by atoms with Gasteiger partial charge in [-0.05, 0) is 46.1 Å². The van der Waals surface area contributed by atoms with Gasteiger partial charge in [0, 0.05) is 15.1 Å². The van der Waals surface area contributed by atoms with Gasteiger partial charge in [-0.25, -0.2) is 9.82 Å². The number of halogens is 4. The highest BCUT2D eigenvalue weighted by molar-refractivity contribution is 9.10. The van der Waals surface area contributed by atoms with Gasteiger partial charge in [0.05, 0.1) is 11.1 Å². The van der Waals surface area contributed by atoms with Crippen LogP contribution in [0, 0.1) is 12.7 Å². The first kappa shape index (κ1) is 15.7. The lowest BCUT2D eigenvalue weighted by atomic mass is 9.98. The highest BCUT2D eigenvalue weighted by atomic mass is 79.9. The molecule has 0 aromatic heterocycles. The summed E-state index contributed by atoms with van der Waals surface area (Å²) < 4.78 is 14.8. The molecule has 0 fully saturated rings. The van der Waals surface area contributed by atoms with Gasteiger partial charge in [0.1, 0.15) is 5.82 Å². The van der Waals surface area contributed by atoms with Crippen molar-refractivity contribution in [3.8, 4) is 0 Å². The minimum Gasteiger partial charge on any atom is -0.271 e. The number of rotatable bonds is 3. The molecule has 0 radical (unpaired) electrons. The minimum atomic E-state index is -0.575. The number of hydrazine groups is 1. The molecule has 1 unspecified atom stereocenters. The average Bonchev–Trinajstić information content (AvgIpc) is 2.41. The van der Waals surface area contributed by atoms with Crippen LogP contribution in [0.5, 0.6) is 0 Å². The third kappa shape index (κ3) is 3.00. The standard InChI is InChI=1S/C14H12BrCl2FN2/c1-7-2-3-8(11(16)6-7)14(20-19)9-4-5-10(15)12(17)13(9)18/h2-6,14,20H,19H2,1H3. The maximum absolute atomic E-state index is 14.3. The summed E-state index contributed by atoms with van der Waals surface area (Å²) in [6.45, 7) is 1.93. The van der Waals surface area contributed by atoms with Gasteiger partial charge in [-0.1, -0.05) is 41.4 Å². The quantitative estimate of drug-likeness (QED) is 0.460. The second-order valence-electron chi connectivity index (χ2n) is 4.39. The zero-order valence-electron chi connectivity index (χ0n) is 10.6. The lowest BCUT2D eigenvalue weighted by Gasteiger charge is -2.20. The topological polar surface area (TPSA) is 38.0 Å². The summed E-state index contributed by atoms with van der Waals surface area (Å²) in [6.07, 6.45) is 0. The van der Waals surface area contributed by atoms with Gasteiger partial charge in [0.15, 0.2) is 0 Å². The summed E-state index contributed by atoms with van der Waals surface area (Å²) in [7, 11) is 0. The van der Waals surface area contributed by atoms with Crippen LogP contribution >= 0.6 is 39.1 Å². The summed E-state index contributed by atoms with van der Waals surface area (Å²) in [5.74, 6) is 5.04. The van der Waals surface area contributed by atoms with Gasteiger partial charge in [-0.2, -0.15) is 0 Å². The van der Waals surface area contributed by atoms with Crippen molar-refractivity contribution < 1.29 is 4.39 Å². The van der Waals surface area contributed by atoms with Gasteiger partial charge in [-0.15, -0.1) is 0 Å². The molecule has 0 aliphatic carbocycles. The van der Waals surface area contributed by atoms with E-state index in [-0.39, 0.29) is 5.02 Å². The van der Waals surface area contributed by atoms with Crippen LogP contribution in [0.25, 0.3) is 0 Å². The Kier molecular flexibility index (Phi) is 5.04. The SMILES string of the molecule is Cc1ccc(C(NN)c2ccc(Br)c(Cl)c2F)c(Cl)c1. The van der Waals surface area contributed by atoms with Gasteiger partial charge < -0.3 is 0 Å². The van der Waals surface area contributed by atoms with Crippen LogP contribution in [0.3, 0.4) is 0 Å². The van der Waals surface area contributed by atoms with Crippen molar-refractivity contribution in [1.29, 1.82) is 0 Å². The molecule has 2 aromatic rings. The lowest BCUT2D eigenvalue weighted by molar-refractivity contribution is 0.560. The molecule has 2 aromatic carbocycles. The fourth-order valence-corrected chi connectivity index (χ4v) is 2.80. The molecule has 20 heavy (non-hydrogen) atoms. The predicted octanol–water partition coefficient (Wildman–Crippen LogP) is 4.76. The molecule has 106 valence electrons. The Bertz CT molecular complexity index is 649. The number of nitrogens with two attached hydrogens (primary N) is 1. The second-order valence-corrected chi connectivity index (χ2v) is 6.03. The van der Waals surface area contributed by atoms with Crippen molar-refractivity contribution in [3.05, 3.63) is 67.4 Å². The maximum Gasteiger partial charge on any atom is 0.148 e. The van der Waals surface area contributed by atoms with Crippen LogP contribution in [-0.4, -0.2) is 0 Å². The molecule has 6 heteroatoms. The molecule has 2 nitrogen and oxygen atoms in total. The van der Waals surface area contributed by atoms with Crippen LogP contribution in [0.15, 0.2) is 34.8 Å². The van der Waals surface area contributed by atoms with Gasteiger partial charge in [0.2, 0.25) is 0 Å². The molecular weight excluding hydrogens is 366 g/mol. The Hall–Kier alpha value is -0.650. The van der Waals surface area contributed by atoms with E-state index in [1.54, 1.807) is 18.2 Å². The van der Waals surface area contributed by atoms with E-state index in [1.807, 2.05) is 19.1 Å². The van der Waals surface area contributed by atoms with E-state index in [0.29, 0.717) is 20.6 Å². The number of benzene rings is 2. The fraction of sp³-hybridized carbons (Fsp3) is 0.143. The molecule has 0 spiro atoms. The molecular formula is C14H12BrCl2FN2. The molecule has 0 saturated heterocycles. The van der Waals surface area contributed by atoms with Crippen molar-refractivity contribution in [3.63, 3.8) is 0 Å². The summed E-state index contributed by atoms with van der Waals surface area (Å²) in [6, 6.07) is 8.23. The fourth-order valence-electron chi connectivity index (χ4n) is 1.98. The van der Waals surface area contributed by atoms with Crippen LogP contribution in [0.1, 0.15) is 22.7 Å². The van der Waals surface area contributed by atoms with Crippen molar-refractivity contribution in [2.45, 2.75) is 13.0 Å². The zero-order chi connectivity index (χ0) is 14.9. The molecule has 1 atom stereocenters. The van der Waals surface area contributed by atoms with E-state index in [4.69, 9.17) is 29.0 Å². The predicted molar refractivity (Wildman–Crippen MR) is 84.5 cm³/mol. The van der Waals surface area contributed by atoms with Crippen LogP contribution in [-0.2, 0) is 0 Å². The summed E-state index contributed by atoms with van der Waals surface area (Å²) in [5, 5.41) is 0.539. The van der Waals surface area contributed by atoms with Crippen molar-refractivity contribution in [2.75, 3.05) is 0 Å². The monoisotopic (exact) mass is 376 g/mol. The second kappa shape index (κ2) is 6.41. The molecule has 0 aliphatic heterocycles. The van der Waals surface area contributed by atoms with Crippen LogP contribution in [0.4, 0.5) is 4.39 Å². The summed E-state index contributed by atoms with van der Waals surface area (Å²) in [5.41, 5.74) is 4.63. The smallest absolute Gasteiger partial charge is 0.148 e. The van der Waals surface area contributed by atoms with Crippen molar-refractivity contribution in [1.82, 2.24) is 5.43 Å². The number of nitrogens with one attached hydrogen (secondary N) is 1. The normalized spacial score (nSPS) is 12.5. The van der Waals surface area contributed by atoms with E-state index in [1.165, 1.54) is 0 Å². The first-order valence-electron chi connectivity index (χ1n) is 5.81. The van der Waals surface area contributed by atoms with Gasteiger partial charge in [0.25, 0.3) is 0 Å². The Balaban J connectivity index is 2.55. The zero-order valence-corrected chi connectivity index (χ0v) is 13.7. The Morgan fingerprint density at radius 3 is 2.45 bits per heavy atom. The van der Waals surface area contributed by atoms with E-state index in [9.17, 15) is 4.39 Å². The third-order valence-electron chi connectivity index (χ3n) is 3.01. The number of aryl methyl sites for hydroxylation is 1. The first-order chi connectivity index (χ1) is 9.45. The lowest BCUT2D eigenvalue weighted by Crippen LogP contribution is -2.29. The Morgan fingerprint density at radius 1 is 1.20 bits per heavy atom. The highest BCUT2D eigenvalue weighted by Gasteiger charge is 2.21. The number of hydrogen-bond acceptors (Lipinski definition) is 2. The molecule has 0 saturated carbocycles.